The van der Waals surface area contributed by atoms with Gasteiger partial charge in [0.2, 0.25) is 0 Å². The van der Waals surface area contributed by atoms with Crippen LogP contribution in [-0.2, 0) is 6.42 Å². The Morgan fingerprint density at radius 2 is 1.95 bits per heavy atom. The zero-order valence-corrected chi connectivity index (χ0v) is 12.1. The zero-order valence-electron chi connectivity index (χ0n) is 11.3. The third kappa shape index (κ3) is 1.93. The molecule has 2 fully saturated rings. The number of hydrogen-bond acceptors (Lipinski definition) is 2. The second kappa shape index (κ2) is 4.60. The Morgan fingerprint density at radius 1 is 1.16 bits per heavy atom. The van der Waals surface area contributed by atoms with Crippen molar-refractivity contribution in [1.82, 2.24) is 5.32 Å². The van der Waals surface area contributed by atoms with E-state index in [1.54, 1.807) is 5.56 Å². The van der Waals surface area contributed by atoms with Crippen LogP contribution in [-0.4, -0.2) is 13.1 Å². The highest BCUT2D eigenvalue weighted by atomic mass is 32.1. The van der Waals surface area contributed by atoms with Crippen LogP contribution in [0, 0.1) is 11.3 Å². The maximum atomic E-state index is 3.54. The van der Waals surface area contributed by atoms with Gasteiger partial charge in [-0.05, 0) is 47.6 Å². The predicted molar refractivity (Wildman–Crippen MR) is 82.8 cm³/mol. The molecule has 0 spiro atoms. The molecule has 0 amide bonds. The second-order valence-corrected chi connectivity index (χ2v) is 7.29. The molecule has 0 unspecified atom stereocenters. The summed E-state index contributed by atoms with van der Waals surface area (Å²) < 4.78 is 1.45. The summed E-state index contributed by atoms with van der Waals surface area (Å²) in [6.07, 6.45) is 7.12. The van der Waals surface area contributed by atoms with Gasteiger partial charge in [0.1, 0.15) is 0 Å². The zero-order chi connectivity index (χ0) is 12.7. The molecule has 1 nitrogen and oxygen atoms in total. The fraction of sp³-hybridized carbons (Fsp3) is 0.529. The molecule has 1 aliphatic carbocycles. The molecule has 2 heteroatoms. The average Bonchev–Trinajstić information content (AvgIpc) is 3.04. The monoisotopic (exact) mass is 271 g/mol. The molecule has 1 aromatic carbocycles. The molecule has 2 aromatic rings. The minimum absolute atomic E-state index is 0.570. The molecule has 1 saturated heterocycles. The minimum atomic E-state index is 0.570. The molecule has 0 atom stereocenters. The molecule has 0 bridgehead atoms. The molecule has 1 saturated carbocycles. The Balaban J connectivity index is 1.65. The van der Waals surface area contributed by atoms with Crippen molar-refractivity contribution in [2.75, 3.05) is 13.1 Å². The van der Waals surface area contributed by atoms with E-state index in [0.717, 1.165) is 5.92 Å². The topological polar surface area (TPSA) is 12.0 Å². The van der Waals surface area contributed by atoms with Crippen molar-refractivity contribution in [3.63, 3.8) is 0 Å². The third-order valence-corrected chi connectivity index (χ3v) is 6.29. The van der Waals surface area contributed by atoms with Gasteiger partial charge in [0.05, 0.1) is 0 Å². The van der Waals surface area contributed by atoms with Crippen molar-refractivity contribution < 1.29 is 0 Å². The molecule has 19 heavy (non-hydrogen) atoms. The normalized spacial score (nSPS) is 22.7. The number of fused-ring (bicyclic) bond motifs is 1. The van der Waals surface area contributed by atoms with Crippen LogP contribution in [0.2, 0.25) is 0 Å². The number of nitrogens with one attached hydrogen (secondary N) is 1. The lowest BCUT2D eigenvalue weighted by atomic mass is 9.66. The van der Waals surface area contributed by atoms with E-state index in [2.05, 4.69) is 35.0 Å². The fourth-order valence-corrected chi connectivity index (χ4v) is 5.05. The largest absolute Gasteiger partial charge is 0.315 e. The van der Waals surface area contributed by atoms with Crippen LogP contribution in [0.4, 0.5) is 0 Å². The minimum Gasteiger partial charge on any atom is -0.315 e. The van der Waals surface area contributed by atoms with Gasteiger partial charge in [-0.15, -0.1) is 11.3 Å². The summed E-state index contributed by atoms with van der Waals surface area (Å²) in [7, 11) is 0. The van der Waals surface area contributed by atoms with E-state index >= 15 is 0 Å². The van der Waals surface area contributed by atoms with Crippen LogP contribution in [0.1, 0.15) is 31.2 Å². The molecule has 2 aliphatic rings. The van der Waals surface area contributed by atoms with Crippen molar-refractivity contribution in [2.45, 2.75) is 32.1 Å². The summed E-state index contributed by atoms with van der Waals surface area (Å²) in [5.74, 6) is 0.965. The average molecular weight is 271 g/mol. The van der Waals surface area contributed by atoms with Crippen LogP contribution >= 0.6 is 11.3 Å². The summed E-state index contributed by atoms with van der Waals surface area (Å²) in [6.45, 7) is 2.48. The van der Waals surface area contributed by atoms with E-state index in [9.17, 15) is 0 Å². The molecule has 1 aromatic heterocycles. The smallest absolute Gasteiger partial charge is 0.0345 e. The van der Waals surface area contributed by atoms with E-state index in [4.69, 9.17) is 0 Å². The maximum Gasteiger partial charge on any atom is 0.0345 e. The van der Waals surface area contributed by atoms with Gasteiger partial charge in [-0.2, -0.15) is 0 Å². The number of benzene rings is 1. The van der Waals surface area contributed by atoms with Gasteiger partial charge in [0.15, 0.2) is 0 Å². The highest BCUT2D eigenvalue weighted by Gasteiger charge is 2.44. The maximum absolute atomic E-state index is 3.54. The van der Waals surface area contributed by atoms with Gasteiger partial charge < -0.3 is 5.32 Å². The van der Waals surface area contributed by atoms with Crippen molar-refractivity contribution in [3.8, 4) is 0 Å². The van der Waals surface area contributed by atoms with Crippen molar-refractivity contribution in [1.29, 1.82) is 0 Å². The number of rotatable bonds is 3. The van der Waals surface area contributed by atoms with E-state index in [1.165, 1.54) is 55.3 Å². The first-order chi connectivity index (χ1) is 9.37. The lowest BCUT2D eigenvalue weighted by molar-refractivity contribution is 0.0817. The Kier molecular flexibility index (Phi) is 2.89. The molecule has 2 heterocycles. The first kappa shape index (κ1) is 11.9. The Hall–Kier alpha value is -0.860. The molecule has 4 rings (SSSR count). The van der Waals surface area contributed by atoms with Crippen LogP contribution in [0.3, 0.4) is 0 Å². The van der Waals surface area contributed by atoms with E-state index in [-0.39, 0.29) is 0 Å². The lowest BCUT2D eigenvalue weighted by Gasteiger charge is -2.47. The van der Waals surface area contributed by atoms with Crippen molar-refractivity contribution in [2.24, 2.45) is 11.3 Å². The third-order valence-electron chi connectivity index (χ3n) is 5.28. The highest BCUT2D eigenvalue weighted by Crippen LogP contribution is 2.46. The molecular formula is C17H21NS. The van der Waals surface area contributed by atoms with E-state index in [0.29, 0.717) is 5.41 Å². The van der Waals surface area contributed by atoms with Crippen LogP contribution in [0.25, 0.3) is 10.1 Å². The predicted octanol–water partition coefficient (Wildman–Crippen LogP) is 4.22. The summed E-state index contributed by atoms with van der Waals surface area (Å²) in [5, 5.41) is 7.44. The fourth-order valence-electron chi connectivity index (χ4n) is 4.09. The molecule has 1 N–H and O–H groups in total. The standard InChI is InChI=1S/C17H21NS/c1-2-6-14(5-1)17(11-18-12-17)9-13-10-19-16-8-4-3-7-15(13)16/h3-4,7-8,10,14,18H,1-2,5-6,9,11-12H2. The van der Waals surface area contributed by atoms with E-state index < -0.39 is 0 Å². The van der Waals surface area contributed by atoms with Gasteiger partial charge >= 0.3 is 0 Å². The highest BCUT2D eigenvalue weighted by molar-refractivity contribution is 7.17. The summed E-state index contributed by atoms with van der Waals surface area (Å²) in [4.78, 5) is 0. The first-order valence-electron chi connectivity index (χ1n) is 7.53. The Morgan fingerprint density at radius 3 is 2.68 bits per heavy atom. The lowest BCUT2D eigenvalue weighted by Crippen LogP contribution is -2.58. The molecule has 0 radical (unpaired) electrons. The quantitative estimate of drug-likeness (QED) is 0.881. The van der Waals surface area contributed by atoms with Crippen molar-refractivity contribution >= 4 is 21.4 Å². The summed E-state index contributed by atoms with van der Waals surface area (Å²) >= 11 is 1.91. The van der Waals surface area contributed by atoms with Gasteiger partial charge in [-0.3, -0.25) is 0 Å². The second-order valence-electron chi connectivity index (χ2n) is 6.38. The van der Waals surface area contributed by atoms with Crippen LogP contribution < -0.4 is 5.32 Å². The molecule has 1 aliphatic heterocycles. The summed E-state index contributed by atoms with van der Waals surface area (Å²) in [5.41, 5.74) is 2.16. The van der Waals surface area contributed by atoms with E-state index in [1.807, 2.05) is 11.3 Å². The van der Waals surface area contributed by atoms with Gasteiger partial charge in [-0.25, -0.2) is 0 Å². The molecule has 100 valence electrons. The number of hydrogen-bond donors (Lipinski definition) is 1. The Labute approximate surface area is 119 Å². The van der Waals surface area contributed by atoms with Crippen LogP contribution in [0.5, 0.6) is 0 Å². The van der Waals surface area contributed by atoms with Crippen molar-refractivity contribution in [3.05, 3.63) is 35.2 Å². The van der Waals surface area contributed by atoms with Gasteiger partial charge in [0, 0.05) is 23.2 Å². The van der Waals surface area contributed by atoms with Gasteiger partial charge in [-0.1, -0.05) is 31.0 Å². The van der Waals surface area contributed by atoms with Gasteiger partial charge in [0.25, 0.3) is 0 Å². The first-order valence-corrected chi connectivity index (χ1v) is 8.41. The summed E-state index contributed by atoms with van der Waals surface area (Å²) in [6, 6.07) is 8.89. The van der Waals surface area contributed by atoms with Crippen LogP contribution in [0.15, 0.2) is 29.6 Å². The molecular weight excluding hydrogens is 250 g/mol. The Bertz CT molecular complexity index is 576. The SMILES string of the molecule is c1ccc2c(CC3(C4CCCC4)CNC3)csc2c1. The number of thiophene rings is 1.